The average molecular weight is 296 g/mol. The molecular formula is C12H16N4O3S. The highest BCUT2D eigenvalue weighted by Gasteiger charge is 2.24. The van der Waals surface area contributed by atoms with Crippen molar-refractivity contribution in [1.82, 2.24) is 4.90 Å². The molecule has 0 bridgehead atoms. The number of hydrazine groups is 1. The van der Waals surface area contributed by atoms with Crippen molar-refractivity contribution in [1.29, 1.82) is 0 Å². The third-order valence-corrected chi connectivity index (χ3v) is 4.26. The fraction of sp³-hybridized carbons (Fsp3) is 0.417. The third kappa shape index (κ3) is 3.02. The standard InChI is InChI=1S/C12H16N4O3S/c1-8-7-15(4-5-20-8)12(17)9-2-3-11(16(18)19)10(6-9)14-13/h2-3,6,8,14H,4-5,7,13H2,1H3. The molecule has 1 unspecified atom stereocenters. The van der Waals surface area contributed by atoms with E-state index in [-0.39, 0.29) is 17.3 Å². The zero-order valence-electron chi connectivity index (χ0n) is 11.0. The first-order valence-electron chi connectivity index (χ1n) is 6.19. The van der Waals surface area contributed by atoms with Crippen molar-refractivity contribution in [3.63, 3.8) is 0 Å². The van der Waals surface area contributed by atoms with Crippen molar-refractivity contribution >= 4 is 29.0 Å². The van der Waals surface area contributed by atoms with E-state index in [2.05, 4.69) is 12.3 Å². The van der Waals surface area contributed by atoms with Crippen LogP contribution in [0.1, 0.15) is 17.3 Å². The van der Waals surface area contributed by atoms with Crippen LogP contribution >= 0.6 is 11.8 Å². The number of nitrogen functional groups attached to an aromatic ring is 1. The molecule has 1 atom stereocenters. The van der Waals surface area contributed by atoms with Crippen LogP contribution in [0.25, 0.3) is 0 Å². The highest BCUT2D eigenvalue weighted by atomic mass is 32.2. The maximum atomic E-state index is 12.4. The first kappa shape index (κ1) is 14.6. The van der Waals surface area contributed by atoms with Gasteiger partial charge in [0.25, 0.3) is 11.6 Å². The largest absolute Gasteiger partial charge is 0.337 e. The molecule has 0 spiro atoms. The average Bonchev–Trinajstić information content (AvgIpc) is 2.45. The van der Waals surface area contributed by atoms with Gasteiger partial charge in [-0.2, -0.15) is 11.8 Å². The Bertz CT molecular complexity index is 537. The number of hydrogen-bond donors (Lipinski definition) is 2. The third-order valence-electron chi connectivity index (χ3n) is 3.12. The second-order valence-corrected chi connectivity index (χ2v) is 6.11. The summed E-state index contributed by atoms with van der Waals surface area (Å²) in [4.78, 5) is 24.4. The molecule has 0 radical (unpaired) electrons. The van der Waals surface area contributed by atoms with E-state index in [9.17, 15) is 14.9 Å². The van der Waals surface area contributed by atoms with Gasteiger partial charge in [-0.15, -0.1) is 0 Å². The monoisotopic (exact) mass is 296 g/mol. The minimum Gasteiger partial charge on any atom is -0.337 e. The number of anilines is 1. The maximum absolute atomic E-state index is 12.4. The summed E-state index contributed by atoms with van der Waals surface area (Å²) in [5.74, 6) is 6.06. The summed E-state index contributed by atoms with van der Waals surface area (Å²) in [5, 5.41) is 11.2. The number of nitrogens with two attached hydrogens (primary N) is 1. The number of hydrogen-bond acceptors (Lipinski definition) is 6. The van der Waals surface area contributed by atoms with Gasteiger partial charge in [-0.25, -0.2) is 0 Å². The molecule has 1 amide bonds. The smallest absolute Gasteiger partial charge is 0.293 e. The quantitative estimate of drug-likeness (QED) is 0.497. The van der Waals surface area contributed by atoms with Crippen LogP contribution in [0.4, 0.5) is 11.4 Å². The number of nitrogens with one attached hydrogen (secondary N) is 1. The number of rotatable bonds is 3. The summed E-state index contributed by atoms with van der Waals surface area (Å²) in [5.41, 5.74) is 2.67. The van der Waals surface area contributed by atoms with Crippen molar-refractivity contribution in [2.24, 2.45) is 5.84 Å². The van der Waals surface area contributed by atoms with Gasteiger partial charge >= 0.3 is 0 Å². The summed E-state index contributed by atoms with van der Waals surface area (Å²) < 4.78 is 0. The number of carbonyl (C=O) groups is 1. The Balaban J connectivity index is 2.24. The van der Waals surface area contributed by atoms with E-state index in [1.165, 1.54) is 18.2 Å². The van der Waals surface area contributed by atoms with Crippen molar-refractivity contribution in [2.45, 2.75) is 12.2 Å². The Morgan fingerprint density at radius 1 is 1.60 bits per heavy atom. The first-order chi connectivity index (χ1) is 9.52. The molecule has 1 fully saturated rings. The number of benzene rings is 1. The van der Waals surface area contributed by atoms with E-state index in [4.69, 9.17) is 5.84 Å². The fourth-order valence-corrected chi connectivity index (χ4v) is 3.14. The molecule has 0 aliphatic carbocycles. The summed E-state index contributed by atoms with van der Waals surface area (Å²) >= 11 is 1.83. The van der Waals surface area contributed by atoms with Gasteiger partial charge in [-0.05, 0) is 12.1 Å². The van der Waals surface area contributed by atoms with Crippen LogP contribution in [0.2, 0.25) is 0 Å². The lowest BCUT2D eigenvalue weighted by atomic mass is 10.1. The van der Waals surface area contributed by atoms with E-state index < -0.39 is 4.92 Å². The lowest BCUT2D eigenvalue weighted by Crippen LogP contribution is -2.41. The molecule has 0 saturated carbocycles. The topological polar surface area (TPSA) is 102 Å². The van der Waals surface area contributed by atoms with Crippen LogP contribution in [0, 0.1) is 10.1 Å². The summed E-state index contributed by atoms with van der Waals surface area (Å²) in [6.07, 6.45) is 0. The van der Waals surface area contributed by atoms with E-state index >= 15 is 0 Å². The molecular weight excluding hydrogens is 280 g/mol. The molecule has 8 heteroatoms. The Morgan fingerprint density at radius 2 is 2.35 bits per heavy atom. The molecule has 2 rings (SSSR count). The van der Waals surface area contributed by atoms with Gasteiger partial charge in [0, 0.05) is 35.7 Å². The Morgan fingerprint density at radius 3 is 2.95 bits per heavy atom. The molecule has 7 nitrogen and oxygen atoms in total. The van der Waals surface area contributed by atoms with Crippen LogP contribution in [-0.2, 0) is 0 Å². The lowest BCUT2D eigenvalue weighted by molar-refractivity contribution is -0.384. The molecule has 1 saturated heterocycles. The van der Waals surface area contributed by atoms with Crippen LogP contribution in [0.15, 0.2) is 18.2 Å². The van der Waals surface area contributed by atoms with Crippen LogP contribution in [0.3, 0.4) is 0 Å². The summed E-state index contributed by atoms with van der Waals surface area (Å²) in [7, 11) is 0. The van der Waals surface area contributed by atoms with Gasteiger partial charge in [0.05, 0.1) is 4.92 Å². The highest BCUT2D eigenvalue weighted by Crippen LogP contribution is 2.26. The first-order valence-corrected chi connectivity index (χ1v) is 7.23. The number of amides is 1. The minimum absolute atomic E-state index is 0.122. The van der Waals surface area contributed by atoms with Crippen molar-refractivity contribution in [2.75, 3.05) is 24.3 Å². The van der Waals surface area contributed by atoms with E-state index in [0.29, 0.717) is 23.9 Å². The Labute approximate surface area is 120 Å². The molecule has 1 aromatic rings. The second-order valence-electron chi connectivity index (χ2n) is 4.57. The van der Waals surface area contributed by atoms with Gasteiger partial charge in [0.15, 0.2) is 0 Å². The van der Waals surface area contributed by atoms with Crippen LogP contribution < -0.4 is 11.3 Å². The fourth-order valence-electron chi connectivity index (χ4n) is 2.13. The van der Waals surface area contributed by atoms with Gasteiger partial charge in [-0.3, -0.25) is 20.8 Å². The molecule has 20 heavy (non-hydrogen) atoms. The molecule has 108 valence electrons. The van der Waals surface area contributed by atoms with Gasteiger partial charge in [0.2, 0.25) is 0 Å². The zero-order chi connectivity index (χ0) is 14.7. The summed E-state index contributed by atoms with van der Waals surface area (Å²) in [6.45, 7) is 3.45. The van der Waals surface area contributed by atoms with E-state index in [1.54, 1.807) is 4.90 Å². The SMILES string of the molecule is CC1CN(C(=O)c2ccc([N+](=O)[O-])c(NN)c2)CCS1. The molecule has 1 heterocycles. The normalized spacial score (nSPS) is 18.7. The van der Waals surface area contributed by atoms with Gasteiger partial charge < -0.3 is 10.3 Å². The number of thioether (sulfide) groups is 1. The Kier molecular flexibility index (Phi) is 4.46. The molecule has 3 N–H and O–H groups in total. The lowest BCUT2D eigenvalue weighted by Gasteiger charge is -2.30. The van der Waals surface area contributed by atoms with Crippen LogP contribution in [0.5, 0.6) is 0 Å². The maximum Gasteiger partial charge on any atom is 0.293 e. The van der Waals surface area contributed by atoms with Crippen molar-refractivity contribution in [3.8, 4) is 0 Å². The van der Waals surface area contributed by atoms with Gasteiger partial charge in [0.1, 0.15) is 5.69 Å². The number of nitrogens with zero attached hydrogens (tertiary/aromatic N) is 2. The second kappa shape index (κ2) is 6.10. The van der Waals surface area contributed by atoms with E-state index in [0.717, 1.165) is 5.75 Å². The molecule has 1 aliphatic heterocycles. The predicted octanol–water partition coefficient (Wildman–Crippen LogP) is 1.46. The number of nitro benzene ring substituents is 1. The Hall–Kier alpha value is -1.80. The van der Waals surface area contributed by atoms with E-state index in [1.807, 2.05) is 11.8 Å². The van der Waals surface area contributed by atoms with Gasteiger partial charge in [-0.1, -0.05) is 6.92 Å². The molecule has 1 aliphatic rings. The number of carbonyl (C=O) groups excluding carboxylic acids is 1. The van der Waals surface area contributed by atoms with Crippen molar-refractivity contribution < 1.29 is 9.72 Å². The zero-order valence-corrected chi connectivity index (χ0v) is 11.9. The minimum atomic E-state index is -0.539. The van der Waals surface area contributed by atoms with Crippen molar-refractivity contribution in [3.05, 3.63) is 33.9 Å². The summed E-state index contributed by atoms with van der Waals surface area (Å²) in [6, 6.07) is 4.19. The molecule has 0 aromatic heterocycles. The van der Waals surface area contributed by atoms with Crippen LogP contribution in [-0.4, -0.2) is 39.8 Å². The number of nitro groups is 1. The predicted molar refractivity (Wildman–Crippen MR) is 78.7 cm³/mol. The highest BCUT2D eigenvalue weighted by molar-refractivity contribution is 7.99. The molecule has 1 aromatic carbocycles.